The Bertz CT molecular complexity index is 3770. The smallest absolute Gasteiger partial charge is 0.312 e. The van der Waals surface area contributed by atoms with Crippen molar-refractivity contribution in [1.29, 1.82) is 0 Å². The second kappa shape index (κ2) is 51.4. The van der Waals surface area contributed by atoms with Crippen LogP contribution in [0.4, 0.5) is 0 Å². The van der Waals surface area contributed by atoms with Gasteiger partial charge >= 0.3 is 35.8 Å². The van der Waals surface area contributed by atoms with Gasteiger partial charge in [0, 0.05) is 17.8 Å². The van der Waals surface area contributed by atoms with Crippen LogP contribution in [-0.2, 0) is 71.4 Å². The van der Waals surface area contributed by atoms with E-state index in [0.717, 1.165) is 264 Å². The van der Waals surface area contributed by atoms with Crippen LogP contribution in [-0.4, -0.2) is 109 Å². The van der Waals surface area contributed by atoms with Gasteiger partial charge < -0.3 is 42.6 Å². The molecule has 25 rings (SSSR count). The quantitative estimate of drug-likeness (QED) is 0.0558. The maximum Gasteiger partial charge on any atom is 0.312 e. The molecule has 15 nitrogen and oxygen atoms in total. The molecule has 6 aliphatic heterocycles. The molecule has 0 aromatic carbocycles. The lowest BCUT2D eigenvalue weighted by Gasteiger charge is -2.37. The molecule has 0 aromatic heterocycles. The Labute approximate surface area is 903 Å². The lowest BCUT2D eigenvalue weighted by atomic mass is 9.70. The van der Waals surface area contributed by atoms with Crippen molar-refractivity contribution in [2.24, 2.45) is 243 Å². The summed E-state index contributed by atoms with van der Waals surface area (Å²) >= 11 is 0. The van der Waals surface area contributed by atoms with E-state index in [1.807, 2.05) is 0 Å². The van der Waals surface area contributed by atoms with Gasteiger partial charge in [0.1, 0.15) is 16.8 Å². The molecule has 25 aliphatic rings. The molecular formula is C133H222O15. The minimum absolute atomic E-state index is 0.0231. The van der Waals surface area contributed by atoms with Crippen LogP contribution in [0.3, 0.4) is 0 Å². The first-order valence-corrected chi connectivity index (χ1v) is 65.9. The average Bonchev–Trinajstić information content (AvgIpc) is 1.55. The highest BCUT2D eigenvalue weighted by molar-refractivity contribution is 5.78. The third kappa shape index (κ3) is 22.9. The van der Waals surface area contributed by atoms with Crippen LogP contribution in [0.15, 0.2) is 0 Å². The Kier molecular flexibility index (Phi) is 40.2. The average molecular weight is 2060 g/mol. The molecule has 6 heterocycles. The number of ether oxygens (including phenoxy) is 9. The maximum absolute atomic E-state index is 13.1. The van der Waals surface area contributed by atoms with Crippen LogP contribution in [0.25, 0.3) is 0 Å². The summed E-state index contributed by atoms with van der Waals surface area (Å²) in [5.74, 6) is 33.1. The van der Waals surface area contributed by atoms with Gasteiger partial charge in [-0.05, 0) is 440 Å². The molecular weight excluding hydrogens is 1840 g/mol. The van der Waals surface area contributed by atoms with Gasteiger partial charge in [0.2, 0.25) is 0 Å². The number of cyclic esters (lactones) is 3. The van der Waals surface area contributed by atoms with Gasteiger partial charge in [-0.15, -0.1) is 0 Å². The fourth-order valence-electron chi connectivity index (χ4n) is 42.6. The summed E-state index contributed by atoms with van der Waals surface area (Å²) in [5, 5.41) is 0. The number of carbonyl (C=O) groups excluding carboxylic acids is 6. The van der Waals surface area contributed by atoms with Gasteiger partial charge in [-0.2, -0.15) is 0 Å². The van der Waals surface area contributed by atoms with Crippen LogP contribution in [0.2, 0.25) is 0 Å². The topological polar surface area (TPSA) is 185 Å². The highest BCUT2D eigenvalue weighted by atomic mass is 16.6. The van der Waals surface area contributed by atoms with E-state index in [2.05, 4.69) is 145 Å². The van der Waals surface area contributed by atoms with Crippen LogP contribution in [0.5, 0.6) is 0 Å². The van der Waals surface area contributed by atoms with Crippen molar-refractivity contribution in [1.82, 2.24) is 0 Å². The fraction of sp³-hybridized carbons (Fsp3) is 0.955. The highest BCUT2D eigenvalue weighted by Gasteiger charge is 2.67. The van der Waals surface area contributed by atoms with E-state index >= 15 is 0 Å². The lowest BCUT2D eigenvalue weighted by Crippen LogP contribution is -2.39. The zero-order valence-corrected chi connectivity index (χ0v) is 98.4. The van der Waals surface area contributed by atoms with Crippen LogP contribution in [0.1, 0.15) is 486 Å². The second-order valence-electron chi connectivity index (χ2n) is 55.2. The van der Waals surface area contributed by atoms with Crippen molar-refractivity contribution in [3.05, 3.63) is 0 Å². The first-order valence-electron chi connectivity index (χ1n) is 65.9. The number of fused-ring (bicyclic) bond motifs is 28. The Balaban J connectivity index is 0.000000116. The molecule has 19 aliphatic carbocycles. The molecule has 0 aromatic rings. The minimum atomic E-state index is -0.107. The van der Waals surface area contributed by atoms with Gasteiger partial charge in [0.05, 0.1) is 92.0 Å². The standard InChI is InChI=1S/3C22H36O2.2C14H24.3C10H16O3.C9H18/c3*1-4-14-11-15(5-2)20-17-12-16(19(14)20)13-18(17)21(23)24-22(6-3)9-7-8-10-22;2*1-3-9-7-10(4-2)14-12-6-5-11(8-12)13(9)14;3*1-3-7-6-5-12-10(11)9(6)8(4-2)13-7;1-3-8-5-6-9(4-2)7-8/h3*14-20H,4-13H2,1-3H3;2*9-14H,3-8H2,1-2H3;3*6-9H,3-5H2,1-2H3;8-9H,3-7H2,1-2H3. The SMILES string of the molecule is CCC1CC(CC)C2C3CC(CC3C(=O)OC3(CC)CCCC3)C12.CCC1CC(CC)C2C3CC(CC3C(=O)OC3(CC)CCCC3)C12.CCC1CC(CC)C2C3CC(CC3C(=O)OC3(CC)CCCC3)C12.CCC1CC(CC)C2C3CCC(C3)C12.CCC1CC(CC)C2C3CCC(C3)C12.CCC1CCC(CC)C1.CCC1OC(CC)C2C(=O)OCC12.CCC1OC(CC)C2C(=O)OCC12.CCC1OC(CC)C2C(=O)OCC12. The number of carbonyl (C=O) groups is 6. The monoisotopic (exact) mass is 2060 g/mol. The molecule has 0 amide bonds. The summed E-state index contributed by atoms with van der Waals surface area (Å²) in [4.78, 5) is 73.4. The lowest BCUT2D eigenvalue weighted by molar-refractivity contribution is -0.169. The molecule has 148 heavy (non-hydrogen) atoms. The number of hydrogen-bond donors (Lipinski definition) is 0. The number of rotatable bonds is 27. The zero-order valence-electron chi connectivity index (χ0n) is 98.4. The first kappa shape index (κ1) is 116. The van der Waals surface area contributed by atoms with Crippen molar-refractivity contribution in [3.63, 3.8) is 0 Å². The molecule has 47 atom stereocenters. The van der Waals surface area contributed by atoms with E-state index in [1.54, 1.807) is 51.4 Å². The molecule has 10 bridgehead atoms. The minimum Gasteiger partial charge on any atom is -0.465 e. The van der Waals surface area contributed by atoms with Gasteiger partial charge in [0.15, 0.2) is 0 Å². The summed E-state index contributed by atoms with van der Waals surface area (Å²) in [5.41, 5.74) is -0.321. The Morgan fingerprint density at radius 3 is 0.642 bits per heavy atom. The molecule has 25 fully saturated rings. The molecule has 6 saturated heterocycles. The second-order valence-corrected chi connectivity index (χ2v) is 55.2. The zero-order chi connectivity index (χ0) is 105. The third-order valence-corrected chi connectivity index (χ3v) is 49.9. The van der Waals surface area contributed by atoms with Crippen LogP contribution in [0, 0.1) is 243 Å². The third-order valence-electron chi connectivity index (χ3n) is 49.9. The summed E-state index contributed by atoms with van der Waals surface area (Å²) in [7, 11) is 0. The molecule has 19 saturated carbocycles. The van der Waals surface area contributed by atoms with E-state index in [0.29, 0.717) is 55.3 Å². The molecule has 844 valence electrons. The van der Waals surface area contributed by atoms with E-state index in [4.69, 9.17) is 42.6 Å². The van der Waals surface area contributed by atoms with Gasteiger partial charge in [0.25, 0.3) is 0 Å². The molecule has 0 radical (unpaired) electrons. The molecule has 15 heteroatoms. The van der Waals surface area contributed by atoms with Gasteiger partial charge in [-0.25, -0.2) is 0 Å². The van der Waals surface area contributed by atoms with Crippen molar-refractivity contribution < 1.29 is 71.4 Å². The fourth-order valence-corrected chi connectivity index (χ4v) is 42.6. The number of esters is 6. The Morgan fingerprint density at radius 1 is 0.230 bits per heavy atom. The summed E-state index contributed by atoms with van der Waals surface area (Å²) < 4.78 is 51.2. The van der Waals surface area contributed by atoms with E-state index < -0.39 is 0 Å². The van der Waals surface area contributed by atoms with E-state index in [-0.39, 0.29) is 125 Å². The van der Waals surface area contributed by atoms with Crippen LogP contribution < -0.4 is 0 Å². The molecule has 0 spiro atoms. The van der Waals surface area contributed by atoms with Gasteiger partial charge in [-0.1, -0.05) is 235 Å². The summed E-state index contributed by atoms with van der Waals surface area (Å²) in [6.45, 7) is 49.3. The normalized spacial score (nSPS) is 46.2. The van der Waals surface area contributed by atoms with Crippen LogP contribution >= 0.6 is 0 Å². The summed E-state index contributed by atoms with van der Waals surface area (Å²) in [6, 6.07) is 0. The Morgan fingerprint density at radius 2 is 0.446 bits per heavy atom. The molecule has 0 N–H and O–H groups in total. The van der Waals surface area contributed by atoms with Crippen molar-refractivity contribution >= 4 is 35.8 Å². The first-order chi connectivity index (χ1) is 71.7. The predicted octanol–water partition coefficient (Wildman–Crippen LogP) is 32.3. The largest absolute Gasteiger partial charge is 0.465 e. The van der Waals surface area contributed by atoms with Crippen molar-refractivity contribution in [2.75, 3.05) is 19.8 Å². The highest BCUT2D eigenvalue weighted by Crippen LogP contribution is 2.71. The molecule has 47 unspecified atom stereocenters. The van der Waals surface area contributed by atoms with E-state index in [9.17, 15) is 28.8 Å². The van der Waals surface area contributed by atoms with E-state index in [1.165, 1.54) is 197 Å². The van der Waals surface area contributed by atoms with Crippen molar-refractivity contribution in [2.45, 2.75) is 539 Å². The Hall–Kier alpha value is -3.30. The number of hydrogen-bond acceptors (Lipinski definition) is 15. The predicted molar refractivity (Wildman–Crippen MR) is 592 cm³/mol. The maximum atomic E-state index is 13.1. The van der Waals surface area contributed by atoms with Gasteiger partial charge in [-0.3, -0.25) is 28.8 Å². The van der Waals surface area contributed by atoms with Crippen molar-refractivity contribution in [3.8, 4) is 0 Å². The summed E-state index contributed by atoms with van der Waals surface area (Å²) in [6.07, 6.45) is 69.2.